The lowest BCUT2D eigenvalue weighted by Gasteiger charge is -2.30. The summed E-state index contributed by atoms with van der Waals surface area (Å²) in [7, 11) is 6.89. The molecule has 0 amide bonds. The number of ether oxygens (including phenoxy) is 1. The van der Waals surface area contributed by atoms with Crippen molar-refractivity contribution in [3.63, 3.8) is 0 Å². The van der Waals surface area contributed by atoms with E-state index >= 15 is 0 Å². The largest absolute Gasteiger partial charge is 0.497 e. The van der Waals surface area contributed by atoms with Crippen LogP contribution in [-0.4, -0.2) is 70.0 Å². The zero-order valence-corrected chi connectivity index (χ0v) is 24.2. The van der Waals surface area contributed by atoms with E-state index in [0.717, 1.165) is 5.75 Å². The maximum atomic E-state index is 5.40. The van der Waals surface area contributed by atoms with Gasteiger partial charge in [0.15, 0.2) is 0 Å². The third kappa shape index (κ3) is 8.36. The van der Waals surface area contributed by atoms with Crippen LogP contribution in [0.3, 0.4) is 0 Å². The van der Waals surface area contributed by atoms with Gasteiger partial charge >= 0.3 is 52.1 Å². The number of hydrogen-bond donors (Lipinski definition) is 0. The van der Waals surface area contributed by atoms with Crippen molar-refractivity contribution >= 4 is 74.7 Å². The summed E-state index contributed by atoms with van der Waals surface area (Å²) in [6.07, 6.45) is 0. The van der Waals surface area contributed by atoms with E-state index in [4.69, 9.17) is 4.74 Å². The summed E-state index contributed by atoms with van der Waals surface area (Å²) in [4.78, 5) is 2.81. The van der Waals surface area contributed by atoms with E-state index < -0.39 is 52.1 Å². The fourth-order valence-corrected chi connectivity index (χ4v) is 43.5. The Kier molecular flexibility index (Phi) is 12.8. The second-order valence-electron chi connectivity index (χ2n) is 7.57. The Morgan fingerprint density at radius 2 is 1.22 bits per heavy atom. The molecule has 0 aromatic heterocycles. The lowest BCUT2D eigenvalue weighted by atomic mass is 10.3. The van der Waals surface area contributed by atoms with Gasteiger partial charge in [-0.3, -0.25) is 0 Å². The molecular formula is C19H35Al4NOS2. The Morgan fingerprint density at radius 1 is 0.778 bits per heavy atom. The highest BCUT2D eigenvalue weighted by Gasteiger charge is 2.33. The third-order valence-corrected chi connectivity index (χ3v) is 40.0. The minimum atomic E-state index is -0.737. The van der Waals surface area contributed by atoms with Gasteiger partial charge in [0, 0.05) is 5.69 Å². The minimum Gasteiger partial charge on any atom is -0.497 e. The second-order valence-corrected chi connectivity index (χ2v) is 32.8. The molecule has 2 nitrogen and oxygen atoms in total. The van der Waals surface area contributed by atoms with Gasteiger partial charge in [0.05, 0.1) is 7.11 Å². The molecule has 0 saturated carbocycles. The van der Waals surface area contributed by atoms with Gasteiger partial charge in [0.1, 0.15) is 5.75 Å². The summed E-state index contributed by atoms with van der Waals surface area (Å²) in [5, 5.41) is 11.9. The molecule has 1 saturated heterocycles. The molecule has 0 spiro atoms. The van der Waals surface area contributed by atoms with Gasteiger partial charge < -0.3 is 26.6 Å². The zero-order valence-electron chi connectivity index (χ0n) is 17.9. The van der Waals surface area contributed by atoms with Crippen LogP contribution in [0.15, 0.2) is 24.3 Å². The molecular weight excluding hydrogens is 430 g/mol. The lowest BCUT2D eigenvalue weighted by Crippen LogP contribution is -2.40. The van der Waals surface area contributed by atoms with Crippen LogP contribution < -0.4 is 9.64 Å². The molecule has 0 atom stereocenters. The summed E-state index contributed by atoms with van der Waals surface area (Å²) in [5.74, 6) is 0.978. The molecule has 0 bridgehead atoms. The Bertz CT molecular complexity index is 513. The highest BCUT2D eigenvalue weighted by Crippen LogP contribution is 2.31. The Balaban J connectivity index is 2.26. The number of hydrogen-bond acceptors (Lipinski definition) is 4. The number of anilines is 1. The minimum absolute atomic E-state index is 0.571. The van der Waals surface area contributed by atoms with Gasteiger partial charge in [0.2, 0.25) is 0 Å². The Hall–Kier alpha value is 1.65. The molecule has 1 heterocycles. The first kappa shape index (κ1) is 24.9. The van der Waals surface area contributed by atoms with E-state index in [1.54, 1.807) is 17.7 Å². The van der Waals surface area contributed by atoms with E-state index in [9.17, 15) is 0 Å². The van der Waals surface area contributed by atoms with Gasteiger partial charge in [-0.25, -0.2) is 0 Å². The molecule has 0 unspecified atom stereocenters. The van der Waals surface area contributed by atoms with Crippen LogP contribution in [0.5, 0.6) is 5.75 Å². The molecule has 0 N–H and O–H groups in total. The summed E-state index contributed by atoms with van der Waals surface area (Å²) in [5.41, 5.74) is 1.44. The van der Waals surface area contributed by atoms with E-state index in [1.165, 1.54) is 37.6 Å². The zero-order chi connectivity index (χ0) is 19.6. The smallest absolute Gasteiger partial charge is 0.348 e. The highest BCUT2D eigenvalue weighted by atomic mass is 32.4. The van der Waals surface area contributed by atoms with Crippen molar-refractivity contribution < 1.29 is 4.74 Å². The van der Waals surface area contributed by atoms with Crippen LogP contribution in [0.1, 0.15) is 27.7 Å². The Labute approximate surface area is 189 Å². The van der Waals surface area contributed by atoms with Crippen LogP contribution in [0.4, 0.5) is 5.69 Å². The van der Waals surface area contributed by atoms with Crippen molar-refractivity contribution in [3.8, 4) is 5.75 Å². The number of rotatable bonds is 6. The predicted octanol–water partition coefficient (Wildman–Crippen LogP) is 6.11. The molecule has 8 heteroatoms. The van der Waals surface area contributed by atoms with Crippen LogP contribution in [0.25, 0.3) is 0 Å². The summed E-state index contributed by atoms with van der Waals surface area (Å²) >= 11 is -2.62. The van der Waals surface area contributed by atoms with Crippen LogP contribution in [-0.2, 0) is 0 Å². The molecule has 0 aliphatic carbocycles. The van der Waals surface area contributed by atoms with Gasteiger partial charge in [-0.05, 0) is 35.1 Å². The molecule has 0 radical (unpaired) electrons. The van der Waals surface area contributed by atoms with Gasteiger partial charge in [0.25, 0.3) is 0 Å². The van der Waals surface area contributed by atoms with Crippen molar-refractivity contribution in [1.82, 2.24) is 0 Å². The third-order valence-electron chi connectivity index (χ3n) is 5.69. The molecule has 1 aromatic carbocycles. The molecule has 1 aromatic rings. The van der Waals surface area contributed by atoms with Crippen LogP contribution in [0.2, 0.25) is 31.7 Å². The summed E-state index contributed by atoms with van der Waals surface area (Å²) < 4.78 is 5.40. The quantitative estimate of drug-likeness (QED) is 0.470. The standard InChI is InChI=1S/C9H11NO.4C2H5.C2H4.4Al.2S/c1-10(2)8-4-6-9(11-3)7-5-8;5*1-2;;;;;;/h4-7H,1-2H2,3H3;4*1H2,2H3;1-2H2;;;;;;. The number of benzene rings is 1. The second kappa shape index (κ2) is 13.9. The van der Waals surface area contributed by atoms with Gasteiger partial charge in [-0.15, -0.1) is 0 Å². The lowest BCUT2D eigenvalue weighted by molar-refractivity contribution is 0.415. The van der Waals surface area contributed by atoms with E-state index in [1.807, 2.05) is 0 Å². The van der Waals surface area contributed by atoms with Crippen molar-refractivity contribution in [3.05, 3.63) is 24.3 Å². The molecule has 1 aliphatic heterocycles. The molecule has 146 valence electrons. The highest BCUT2D eigenvalue weighted by molar-refractivity contribution is 8.46. The van der Waals surface area contributed by atoms with Crippen molar-refractivity contribution in [2.75, 3.05) is 22.8 Å². The number of nitrogens with zero attached hydrogens (tertiary/aromatic N) is 1. The first-order valence-corrected chi connectivity index (χ1v) is 24.9. The van der Waals surface area contributed by atoms with Crippen molar-refractivity contribution in [2.45, 2.75) is 59.4 Å². The van der Waals surface area contributed by atoms with Crippen molar-refractivity contribution in [2.24, 2.45) is 0 Å². The molecule has 2 rings (SSSR count). The molecule has 1 fully saturated rings. The van der Waals surface area contributed by atoms with Crippen LogP contribution in [0, 0.1) is 0 Å². The first-order chi connectivity index (χ1) is 13.1. The molecule has 27 heavy (non-hydrogen) atoms. The maximum absolute atomic E-state index is 5.40. The predicted molar refractivity (Wildman–Crippen MR) is 135 cm³/mol. The van der Waals surface area contributed by atoms with Gasteiger partial charge in [-0.1, -0.05) is 59.4 Å². The normalized spacial score (nSPS) is 17.1. The Morgan fingerprint density at radius 3 is 1.59 bits per heavy atom. The summed E-state index contributed by atoms with van der Waals surface area (Å²) in [6.45, 7) is 9.88. The monoisotopic (exact) mass is 465 g/mol. The summed E-state index contributed by atoms with van der Waals surface area (Å²) in [6, 6.07) is 8.91. The van der Waals surface area contributed by atoms with E-state index in [2.05, 4.69) is 73.9 Å². The molecule has 1 aliphatic rings. The fourth-order valence-electron chi connectivity index (χ4n) is 3.76. The topological polar surface area (TPSA) is 12.5 Å². The van der Waals surface area contributed by atoms with E-state index in [-0.39, 0.29) is 0 Å². The van der Waals surface area contributed by atoms with E-state index in [0.29, 0.717) is 0 Å². The average molecular weight is 466 g/mol. The first-order valence-electron chi connectivity index (χ1n) is 10.8. The van der Waals surface area contributed by atoms with Crippen LogP contribution >= 0.6 is 17.0 Å². The fraction of sp³-hybridized carbons (Fsp3) is 0.684. The van der Waals surface area contributed by atoms with Crippen molar-refractivity contribution in [1.29, 1.82) is 0 Å². The van der Waals surface area contributed by atoms with Gasteiger partial charge in [-0.2, -0.15) is 0 Å². The average Bonchev–Trinajstić information content (AvgIpc) is 2.75. The maximum Gasteiger partial charge on any atom is 0.348 e. The SMILES string of the molecule is C[CH2][Al]1[CH2][CH2][Al]([CH2]C)[S][Al]([CH2]C)[CH2]N(c2ccc(OC)cc2)[CH2][Al]([CH2]C)[S]1. The number of methoxy groups -OCH3 is 1.